The third kappa shape index (κ3) is 8.66. The molecule has 22 heteroatoms. The van der Waals surface area contributed by atoms with Gasteiger partial charge in [0.2, 0.25) is 0 Å². The molecule has 0 atom stereocenters. The van der Waals surface area contributed by atoms with E-state index in [0.717, 1.165) is 12.1 Å². The van der Waals surface area contributed by atoms with Gasteiger partial charge in [-0.15, -0.1) is 0 Å². The maximum atomic E-state index is 13.0. The fraction of sp³-hybridized carbons (Fsp3) is 0.0588. The van der Waals surface area contributed by atoms with Crippen molar-refractivity contribution in [1.82, 2.24) is 0 Å². The Morgan fingerprint density at radius 2 is 1.21 bits per heavy atom. The van der Waals surface area contributed by atoms with Crippen molar-refractivity contribution in [2.75, 3.05) is 4.72 Å². The predicted octanol–water partition coefficient (Wildman–Crippen LogP) is -8.42. The van der Waals surface area contributed by atoms with Crippen molar-refractivity contribution >= 4 is 62.5 Å². The first kappa shape index (κ1) is 38.8. The Bertz CT molecular complexity index is 1900. The molecule has 0 aliphatic rings. The van der Waals surface area contributed by atoms with Crippen LogP contribution in [0.5, 0.6) is 0 Å². The molecule has 0 spiro atoms. The molecule has 0 aliphatic heterocycles. The van der Waals surface area contributed by atoms with E-state index in [1.165, 1.54) is 13.0 Å². The Hall–Kier alpha value is -0.200. The van der Waals surface area contributed by atoms with Crippen molar-refractivity contribution in [1.29, 1.82) is 0 Å². The number of sulfonamides is 1. The standard InChI is InChI=1S/C17H14N2O13S4.3Na/c1-9-2-4-15(13(6-9)19(20)21)33(22,23)18-12-3-5-14(35(27,28)29)11-7-10(34(24,25)26)8-16(17(11)12)36(30,31)32;;;/h2-8,18H,1H3,(H,24,25,26)(H,27,28,29)(H,30,31,32);;;/q;3*+1/p-3. The minimum atomic E-state index is -5.74. The zero-order chi connectivity index (χ0) is 27.4. The molecule has 0 unspecified atom stereocenters. The van der Waals surface area contributed by atoms with Gasteiger partial charge in [0.15, 0.2) is 4.90 Å². The van der Waals surface area contributed by atoms with Gasteiger partial charge in [0, 0.05) is 16.8 Å². The molecule has 3 rings (SSSR count). The number of nitro benzene ring substituents is 1. The smallest absolute Gasteiger partial charge is 0.744 e. The average Bonchev–Trinajstić information content (AvgIpc) is 2.70. The Labute approximate surface area is 289 Å². The maximum Gasteiger partial charge on any atom is 1.00 e. The molecular weight excluding hydrogens is 637 g/mol. The Kier molecular flexibility index (Phi) is 13.3. The molecule has 0 amide bonds. The topological polar surface area (TPSA) is 261 Å². The summed E-state index contributed by atoms with van der Waals surface area (Å²) in [4.78, 5) is 5.21. The van der Waals surface area contributed by atoms with Gasteiger partial charge in [-0.1, -0.05) is 6.07 Å². The minimum absolute atomic E-state index is 0. The number of anilines is 1. The summed E-state index contributed by atoms with van der Waals surface area (Å²) in [6.45, 7) is 1.43. The number of hydrogen-bond acceptors (Lipinski definition) is 13. The number of aryl methyl sites for hydroxylation is 1. The van der Waals surface area contributed by atoms with Gasteiger partial charge in [0.1, 0.15) is 30.4 Å². The summed E-state index contributed by atoms with van der Waals surface area (Å²) in [6, 6.07) is 4.36. The van der Waals surface area contributed by atoms with E-state index in [1.807, 2.05) is 0 Å². The zero-order valence-electron chi connectivity index (χ0n) is 20.4. The number of benzene rings is 3. The molecule has 0 aromatic heterocycles. The van der Waals surface area contributed by atoms with Crippen LogP contribution in [0.3, 0.4) is 0 Å². The van der Waals surface area contributed by atoms with Crippen LogP contribution in [-0.4, -0.2) is 52.3 Å². The molecule has 1 N–H and O–H groups in total. The van der Waals surface area contributed by atoms with E-state index in [4.69, 9.17) is 0 Å². The summed E-state index contributed by atoms with van der Waals surface area (Å²) in [5.41, 5.74) is -1.44. The van der Waals surface area contributed by atoms with Gasteiger partial charge in [-0.2, -0.15) is 0 Å². The van der Waals surface area contributed by atoms with Crippen molar-refractivity contribution in [2.24, 2.45) is 0 Å². The van der Waals surface area contributed by atoms with E-state index < -0.39 is 87.0 Å². The molecule has 0 saturated heterocycles. The number of nitrogens with zero attached hydrogens (tertiary/aromatic N) is 1. The molecule has 3 aromatic rings. The van der Waals surface area contributed by atoms with Gasteiger partial charge in [0.25, 0.3) is 15.7 Å². The third-order valence-electron chi connectivity index (χ3n) is 4.68. The van der Waals surface area contributed by atoms with Crippen molar-refractivity contribution in [3.05, 3.63) is 58.1 Å². The Balaban J connectivity index is 0.00000481. The van der Waals surface area contributed by atoms with E-state index >= 15 is 0 Å². The Morgan fingerprint density at radius 3 is 1.67 bits per heavy atom. The average molecular weight is 649 g/mol. The van der Waals surface area contributed by atoms with Gasteiger partial charge in [-0.05, 0) is 42.8 Å². The zero-order valence-corrected chi connectivity index (χ0v) is 29.7. The molecule has 0 heterocycles. The van der Waals surface area contributed by atoms with Crippen LogP contribution in [0.4, 0.5) is 11.4 Å². The third-order valence-corrected chi connectivity index (χ3v) is 8.67. The van der Waals surface area contributed by atoms with E-state index in [-0.39, 0.29) is 101 Å². The van der Waals surface area contributed by atoms with Crippen LogP contribution in [-0.2, 0) is 40.4 Å². The van der Waals surface area contributed by atoms with Gasteiger partial charge in [-0.3, -0.25) is 14.8 Å². The van der Waals surface area contributed by atoms with Crippen molar-refractivity contribution in [3.8, 4) is 0 Å². The molecular formula is C17H11N2Na3O13S4. The minimum Gasteiger partial charge on any atom is -0.744 e. The first-order valence-electron chi connectivity index (χ1n) is 9.00. The van der Waals surface area contributed by atoms with Crippen molar-refractivity contribution in [2.45, 2.75) is 26.5 Å². The van der Waals surface area contributed by atoms with Crippen LogP contribution >= 0.6 is 0 Å². The van der Waals surface area contributed by atoms with Crippen LogP contribution < -0.4 is 93.4 Å². The van der Waals surface area contributed by atoms with E-state index in [1.54, 1.807) is 4.72 Å². The quantitative estimate of drug-likeness (QED) is 0.108. The largest absolute Gasteiger partial charge is 1.00 e. The monoisotopic (exact) mass is 648 g/mol. The number of nitrogens with one attached hydrogen (secondary N) is 1. The molecule has 0 aliphatic carbocycles. The summed E-state index contributed by atoms with van der Waals surface area (Å²) in [7, 11) is -21.7. The molecule has 0 bridgehead atoms. The van der Waals surface area contributed by atoms with E-state index in [0.29, 0.717) is 17.7 Å². The molecule has 39 heavy (non-hydrogen) atoms. The van der Waals surface area contributed by atoms with Crippen LogP contribution in [0.25, 0.3) is 10.8 Å². The number of fused-ring (bicyclic) bond motifs is 1. The predicted molar refractivity (Wildman–Crippen MR) is 116 cm³/mol. The van der Waals surface area contributed by atoms with E-state index in [2.05, 4.69) is 0 Å². The molecule has 15 nitrogen and oxygen atoms in total. The SMILES string of the molecule is Cc1ccc(S(=O)(=O)Nc2ccc(S(=O)(=O)[O-])c3cc(S(=O)(=O)[O-])cc(S(=O)(=O)[O-])c23)c([N+](=O)[O-])c1.[Na+].[Na+].[Na+]. The molecule has 0 fully saturated rings. The van der Waals surface area contributed by atoms with E-state index in [9.17, 15) is 57.4 Å². The molecule has 194 valence electrons. The first-order chi connectivity index (χ1) is 16.2. The van der Waals surface area contributed by atoms with Crippen LogP contribution in [0.1, 0.15) is 5.56 Å². The summed E-state index contributed by atoms with van der Waals surface area (Å²) in [5.74, 6) is 0. The number of nitro groups is 1. The molecule has 0 saturated carbocycles. The van der Waals surface area contributed by atoms with Crippen LogP contribution in [0.2, 0.25) is 0 Å². The fourth-order valence-electron chi connectivity index (χ4n) is 3.24. The van der Waals surface area contributed by atoms with Gasteiger partial charge in [-0.25, -0.2) is 33.7 Å². The normalized spacial score (nSPS) is 12.0. The summed E-state index contributed by atoms with van der Waals surface area (Å²) >= 11 is 0. The van der Waals surface area contributed by atoms with Gasteiger partial charge in [0.05, 0.1) is 25.3 Å². The molecule has 0 radical (unpaired) electrons. The second kappa shape index (κ2) is 13.4. The summed E-state index contributed by atoms with van der Waals surface area (Å²) in [5, 5.41) is 9.23. The van der Waals surface area contributed by atoms with Crippen LogP contribution in [0.15, 0.2) is 62.0 Å². The second-order valence-corrected chi connectivity index (χ2v) is 12.9. The van der Waals surface area contributed by atoms with Gasteiger partial charge < -0.3 is 13.7 Å². The fourth-order valence-corrected chi connectivity index (χ4v) is 6.47. The Morgan fingerprint density at radius 1 is 0.692 bits per heavy atom. The first-order valence-corrected chi connectivity index (χ1v) is 14.7. The maximum absolute atomic E-state index is 13.0. The van der Waals surface area contributed by atoms with Crippen molar-refractivity contribution < 1.29 is 141 Å². The second-order valence-electron chi connectivity index (χ2n) is 7.15. The van der Waals surface area contributed by atoms with Crippen molar-refractivity contribution in [3.63, 3.8) is 0 Å². The number of rotatable bonds is 7. The summed E-state index contributed by atoms with van der Waals surface area (Å²) in [6.07, 6.45) is 0. The molecule has 3 aromatic carbocycles. The summed E-state index contributed by atoms with van der Waals surface area (Å²) < 4.78 is 133. The van der Waals surface area contributed by atoms with Crippen LogP contribution in [0, 0.1) is 17.0 Å². The van der Waals surface area contributed by atoms with Gasteiger partial charge >= 0.3 is 88.7 Å². The number of hydrogen-bond donors (Lipinski definition) is 1.